The minimum Gasteiger partial charge on any atom is -0.403 e. The summed E-state index contributed by atoms with van der Waals surface area (Å²) in [5.74, 6) is 1.93. The van der Waals surface area contributed by atoms with Crippen molar-refractivity contribution in [3.63, 3.8) is 0 Å². The summed E-state index contributed by atoms with van der Waals surface area (Å²) in [7, 11) is -0.208. The van der Waals surface area contributed by atoms with Crippen molar-refractivity contribution in [3.8, 4) is 0 Å². The molecule has 1 aliphatic rings. The standard InChI is InChI=1S/C14H17BO2/c1-12-13(2)17-15(16-12)11-7-6-10-14-8-4-3-5-9-14/h3-13H,1-2H3/b10-6+,11-7+. The SMILES string of the molecule is CC1OB(/C=C/C=C/c2ccccc2)OC1C. The van der Waals surface area contributed by atoms with E-state index in [-0.39, 0.29) is 19.3 Å². The summed E-state index contributed by atoms with van der Waals surface area (Å²) >= 11 is 0. The summed E-state index contributed by atoms with van der Waals surface area (Å²) in [6.07, 6.45) is 6.35. The maximum absolute atomic E-state index is 5.58. The van der Waals surface area contributed by atoms with Gasteiger partial charge in [0.2, 0.25) is 0 Å². The average Bonchev–Trinajstić information content (AvgIpc) is 2.66. The first-order chi connectivity index (χ1) is 8.25. The molecule has 1 aliphatic heterocycles. The summed E-state index contributed by atoms with van der Waals surface area (Å²) in [6, 6.07) is 10.2. The topological polar surface area (TPSA) is 18.5 Å². The summed E-state index contributed by atoms with van der Waals surface area (Å²) in [5.41, 5.74) is 1.19. The predicted octanol–water partition coefficient (Wildman–Crippen LogP) is 3.11. The van der Waals surface area contributed by atoms with E-state index in [1.807, 2.05) is 50.2 Å². The molecule has 1 aromatic rings. The molecule has 88 valence electrons. The van der Waals surface area contributed by atoms with Crippen LogP contribution in [0.1, 0.15) is 19.4 Å². The van der Waals surface area contributed by atoms with Gasteiger partial charge in [-0.1, -0.05) is 54.5 Å². The van der Waals surface area contributed by atoms with Crippen molar-refractivity contribution in [1.29, 1.82) is 0 Å². The largest absolute Gasteiger partial charge is 0.486 e. The van der Waals surface area contributed by atoms with Gasteiger partial charge in [0.05, 0.1) is 12.2 Å². The van der Waals surface area contributed by atoms with Crippen LogP contribution in [0.15, 0.2) is 48.5 Å². The van der Waals surface area contributed by atoms with Crippen molar-refractivity contribution >= 4 is 13.2 Å². The van der Waals surface area contributed by atoms with Gasteiger partial charge in [0.25, 0.3) is 0 Å². The number of allylic oxidation sites excluding steroid dienone is 2. The second kappa shape index (κ2) is 5.85. The fraction of sp³-hybridized carbons (Fsp3) is 0.286. The molecule has 0 amide bonds. The van der Waals surface area contributed by atoms with Crippen LogP contribution in [0, 0.1) is 0 Å². The Morgan fingerprint density at radius 1 is 1.00 bits per heavy atom. The molecule has 0 radical (unpaired) electrons. The number of hydrogen-bond donors (Lipinski definition) is 0. The van der Waals surface area contributed by atoms with Crippen molar-refractivity contribution in [3.05, 3.63) is 54.0 Å². The van der Waals surface area contributed by atoms with E-state index in [2.05, 4.69) is 18.2 Å². The second-order valence-corrected chi connectivity index (χ2v) is 4.21. The van der Waals surface area contributed by atoms with E-state index in [1.54, 1.807) is 0 Å². The smallest absolute Gasteiger partial charge is 0.403 e. The highest BCUT2D eigenvalue weighted by atomic mass is 16.6. The Bertz CT molecular complexity index is 390. The number of benzene rings is 1. The third kappa shape index (κ3) is 3.58. The van der Waals surface area contributed by atoms with Crippen LogP contribution in [0.2, 0.25) is 0 Å². The minimum atomic E-state index is -0.208. The van der Waals surface area contributed by atoms with E-state index in [9.17, 15) is 0 Å². The Hall–Kier alpha value is -1.32. The first kappa shape index (κ1) is 12.2. The zero-order valence-corrected chi connectivity index (χ0v) is 10.2. The third-order valence-corrected chi connectivity index (χ3v) is 2.83. The van der Waals surface area contributed by atoms with Crippen molar-refractivity contribution in [1.82, 2.24) is 0 Å². The van der Waals surface area contributed by atoms with Gasteiger partial charge in [-0.2, -0.15) is 0 Å². The zero-order chi connectivity index (χ0) is 12.1. The molecule has 0 N–H and O–H groups in total. The van der Waals surface area contributed by atoms with Gasteiger partial charge in [0.15, 0.2) is 0 Å². The molecular formula is C14H17BO2. The highest BCUT2D eigenvalue weighted by Crippen LogP contribution is 2.16. The van der Waals surface area contributed by atoms with Crippen LogP contribution in [-0.4, -0.2) is 19.3 Å². The maximum Gasteiger partial charge on any atom is 0.486 e. The summed E-state index contributed by atoms with van der Waals surface area (Å²) in [6.45, 7) is 4.05. The lowest BCUT2D eigenvalue weighted by atomic mass is 9.90. The molecule has 2 nitrogen and oxygen atoms in total. The molecule has 0 bridgehead atoms. The van der Waals surface area contributed by atoms with Gasteiger partial charge in [-0.25, -0.2) is 0 Å². The molecule has 1 fully saturated rings. The predicted molar refractivity (Wildman–Crippen MR) is 71.5 cm³/mol. The Kier molecular flexibility index (Phi) is 4.18. The highest BCUT2D eigenvalue weighted by Gasteiger charge is 2.31. The van der Waals surface area contributed by atoms with E-state index < -0.39 is 0 Å². The van der Waals surface area contributed by atoms with Gasteiger partial charge >= 0.3 is 7.12 Å². The van der Waals surface area contributed by atoms with Crippen LogP contribution >= 0.6 is 0 Å². The lowest BCUT2D eigenvalue weighted by molar-refractivity contribution is 0.187. The average molecular weight is 228 g/mol. The molecule has 2 atom stereocenters. The van der Waals surface area contributed by atoms with Gasteiger partial charge in [-0.3, -0.25) is 0 Å². The first-order valence-corrected chi connectivity index (χ1v) is 5.96. The lowest BCUT2D eigenvalue weighted by Gasteiger charge is -2.04. The number of rotatable bonds is 3. The molecular weight excluding hydrogens is 211 g/mol. The molecule has 0 spiro atoms. The molecule has 0 aliphatic carbocycles. The van der Waals surface area contributed by atoms with Gasteiger partial charge < -0.3 is 9.31 Å². The molecule has 17 heavy (non-hydrogen) atoms. The molecule has 2 rings (SSSR count). The zero-order valence-electron chi connectivity index (χ0n) is 10.2. The van der Waals surface area contributed by atoms with E-state index >= 15 is 0 Å². The minimum absolute atomic E-state index is 0.169. The molecule has 3 heteroatoms. The Morgan fingerprint density at radius 2 is 1.65 bits per heavy atom. The maximum atomic E-state index is 5.58. The van der Waals surface area contributed by atoms with Gasteiger partial charge in [-0.15, -0.1) is 0 Å². The van der Waals surface area contributed by atoms with Crippen LogP contribution in [0.5, 0.6) is 0 Å². The highest BCUT2D eigenvalue weighted by molar-refractivity contribution is 6.51. The van der Waals surface area contributed by atoms with Crippen molar-refractivity contribution in [2.45, 2.75) is 26.1 Å². The summed E-state index contributed by atoms with van der Waals surface area (Å²) < 4.78 is 11.2. The van der Waals surface area contributed by atoms with E-state index in [1.165, 1.54) is 5.56 Å². The van der Waals surface area contributed by atoms with Gasteiger partial charge in [-0.05, 0) is 19.4 Å². The second-order valence-electron chi connectivity index (χ2n) is 4.21. The monoisotopic (exact) mass is 228 g/mol. The molecule has 1 heterocycles. The van der Waals surface area contributed by atoms with Crippen LogP contribution in [0.4, 0.5) is 0 Å². The first-order valence-electron chi connectivity index (χ1n) is 5.96. The lowest BCUT2D eigenvalue weighted by Crippen LogP contribution is -2.13. The van der Waals surface area contributed by atoms with Crippen molar-refractivity contribution in [2.75, 3.05) is 0 Å². The molecule has 1 aromatic carbocycles. The molecule has 2 unspecified atom stereocenters. The fourth-order valence-corrected chi connectivity index (χ4v) is 1.65. The van der Waals surface area contributed by atoms with E-state index in [0.717, 1.165) is 0 Å². The normalized spacial score (nSPS) is 25.2. The van der Waals surface area contributed by atoms with Crippen molar-refractivity contribution < 1.29 is 9.31 Å². The van der Waals surface area contributed by atoms with Gasteiger partial charge in [0.1, 0.15) is 0 Å². The Labute approximate surface area is 103 Å². The number of hydrogen-bond acceptors (Lipinski definition) is 2. The third-order valence-electron chi connectivity index (χ3n) is 2.83. The van der Waals surface area contributed by atoms with Crippen LogP contribution in [0.3, 0.4) is 0 Å². The summed E-state index contributed by atoms with van der Waals surface area (Å²) in [4.78, 5) is 0. The Morgan fingerprint density at radius 3 is 2.29 bits per heavy atom. The molecule has 0 saturated carbocycles. The fourth-order valence-electron chi connectivity index (χ4n) is 1.65. The van der Waals surface area contributed by atoms with Crippen LogP contribution < -0.4 is 0 Å². The van der Waals surface area contributed by atoms with E-state index in [4.69, 9.17) is 9.31 Å². The van der Waals surface area contributed by atoms with Crippen LogP contribution in [0.25, 0.3) is 6.08 Å². The quantitative estimate of drug-likeness (QED) is 0.584. The summed E-state index contributed by atoms with van der Waals surface area (Å²) in [5, 5.41) is 0. The molecule has 1 saturated heterocycles. The molecule has 0 aromatic heterocycles. The van der Waals surface area contributed by atoms with Crippen LogP contribution in [-0.2, 0) is 9.31 Å². The van der Waals surface area contributed by atoms with E-state index in [0.29, 0.717) is 0 Å². The van der Waals surface area contributed by atoms with Crippen molar-refractivity contribution in [2.24, 2.45) is 0 Å². The van der Waals surface area contributed by atoms with Gasteiger partial charge in [0, 0.05) is 0 Å². The Balaban J connectivity index is 1.84.